The Morgan fingerprint density at radius 2 is 1.76 bits per heavy atom. The highest BCUT2D eigenvalue weighted by Gasteiger charge is 2.30. The summed E-state index contributed by atoms with van der Waals surface area (Å²) in [6.07, 6.45) is -4.50. The quantitative estimate of drug-likeness (QED) is 0.498. The Balaban J connectivity index is 2.32. The molecule has 158 valence electrons. The molecule has 0 aliphatic rings. The van der Waals surface area contributed by atoms with E-state index in [1.807, 2.05) is 0 Å². The van der Waals surface area contributed by atoms with Crippen LogP contribution >= 0.6 is 0 Å². The van der Waals surface area contributed by atoms with E-state index in [-0.39, 0.29) is 35.8 Å². The standard InChI is InChI=1S/C18H20F3N3O4S/c1-3-23(4-2)29(27,28)15-8-9-16(17(11-15)24(25)26)22-12-13-6-5-7-14(10-13)18(19,20)21/h5-11,22H,3-4,12H2,1-2H3. The van der Waals surface area contributed by atoms with Crippen LogP contribution in [-0.2, 0) is 22.7 Å². The van der Waals surface area contributed by atoms with E-state index in [1.54, 1.807) is 13.8 Å². The fraction of sp³-hybridized carbons (Fsp3) is 0.333. The normalized spacial score (nSPS) is 12.2. The molecular weight excluding hydrogens is 411 g/mol. The first-order valence-corrected chi connectivity index (χ1v) is 10.1. The molecule has 0 aromatic heterocycles. The molecule has 0 fully saturated rings. The average Bonchev–Trinajstić information content (AvgIpc) is 2.66. The average molecular weight is 431 g/mol. The summed E-state index contributed by atoms with van der Waals surface area (Å²) in [4.78, 5) is 10.5. The van der Waals surface area contributed by atoms with Gasteiger partial charge in [0.25, 0.3) is 5.69 Å². The Kier molecular flexibility index (Phi) is 6.85. The molecule has 0 amide bonds. The Morgan fingerprint density at radius 3 is 2.31 bits per heavy atom. The Bertz CT molecular complexity index is 990. The van der Waals surface area contributed by atoms with Crippen LogP contribution in [0, 0.1) is 10.1 Å². The maximum Gasteiger partial charge on any atom is 0.416 e. The van der Waals surface area contributed by atoms with Gasteiger partial charge in [0.2, 0.25) is 10.0 Å². The third-order valence-corrected chi connectivity index (χ3v) is 6.29. The Hall–Kier alpha value is -2.66. The van der Waals surface area contributed by atoms with E-state index >= 15 is 0 Å². The van der Waals surface area contributed by atoms with Crippen molar-refractivity contribution in [3.63, 3.8) is 0 Å². The van der Waals surface area contributed by atoms with Crippen LogP contribution in [0.4, 0.5) is 24.5 Å². The molecule has 0 aliphatic carbocycles. The van der Waals surface area contributed by atoms with Crippen molar-refractivity contribution in [1.82, 2.24) is 4.31 Å². The molecule has 0 saturated carbocycles. The number of nitrogens with one attached hydrogen (secondary N) is 1. The number of rotatable bonds is 8. The lowest BCUT2D eigenvalue weighted by atomic mass is 10.1. The summed E-state index contributed by atoms with van der Waals surface area (Å²) in [6.45, 7) is 3.62. The molecule has 2 aromatic rings. The topological polar surface area (TPSA) is 92.6 Å². The summed E-state index contributed by atoms with van der Waals surface area (Å²) >= 11 is 0. The highest BCUT2D eigenvalue weighted by Crippen LogP contribution is 2.31. The molecule has 29 heavy (non-hydrogen) atoms. The van der Waals surface area contributed by atoms with Gasteiger partial charge in [0.15, 0.2) is 0 Å². The monoisotopic (exact) mass is 431 g/mol. The van der Waals surface area contributed by atoms with E-state index in [0.717, 1.165) is 18.2 Å². The fourth-order valence-electron chi connectivity index (χ4n) is 2.74. The molecule has 0 aliphatic heterocycles. The van der Waals surface area contributed by atoms with Crippen LogP contribution in [0.2, 0.25) is 0 Å². The van der Waals surface area contributed by atoms with Gasteiger partial charge in [-0.25, -0.2) is 8.42 Å². The summed E-state index contributed by atoms with van der Waals surface area (Å²) in [7, 11) is -3.89. The van der Waals surface area contributed by atoms with E-state index in [0.29, 0.717) is 0 Å². The maximum absolute atomic E-state index is 12.8. The van der Waals surface area contributed by atoms with Crippen LogP contribution in [0.1, 0.15) is 25.0 Å². The van der Waals surface area contributed by atoms with Crippen LogP contribution in [0.5, 0.6) is 0 Å². The Morgan fingerprint density at radius 1 is 1.10 bits per heavy atom. The number of sulfonamides is 1. The highest BCUT2D eigenvalue weighted by atomic mass is 32.2. The predicted molar refractivity (Wildman–Crippen MR) is 102 cm³/mol. The van der Waals surface area contributed by atoms with Crippen LogP contribution in [-0.4, -0.2) is 30.7 Å². The molecule has 11 heteroatoms. The summed E-state index contributed by atoms with van der Waals surface area (Å²) in [5, 5.41) is 14.1. The van der Waals surface area contributed by atoms with Gasteiger partial charge in [0, 0.05) is 25.7 Å². The lowest BCUT2D eigenvalue weighted by molar-refractivity contribution is -0.384. The van der Waals surface area contributed by atoms with E-state index in [9.17, 15) is 31.7 Å². The summed E-state index contributed by atoms with van der Waals surface area (Å²) < 4.78 is 64.7. The largest absolute Gasteiger partial charge is 0.416 e. The minimum Gasteiger partial charge on any atom is -0.375 e. The summed E-state index contributed by atoms with van der Waals surface area (Å²) in [6, 6.07) is 7.98. The van der Waals surface area contributed by atoms with Crippen molar-refractivity contribution in [1.29, 1.82) is 0 Å². The second-order valence-electron chi connectivity index (χ2n) is 6.08. The molecule has 0 atom stereocenters. The number of alkyl halides is 3. The first-order valence-electron chi connectivity index (χ1n) is 8.69. The smallest absolute Gasteiger partial charge is 0.375 e. The maximum atomic E-state index is 12.8. The van der Waals surface area contributed by atoms with E-state index in [2.05, 4.69) is 5.32 Å². The van der Waals surface area contributed by atoms with E-state index in [1.165, 1.54) is 28.6 Å². The number of benzene rings is 2. The van der Waals surface area contributed by atoms with Gasteiger partial charge in [-0.05, 0) is 29.8 Å². The second-order valence-corrected chi connectivity index (χ2v) is 8.02. The van der Waals surface area contributed by atoms with Crippen molar-refractivity contribution in [2.75, 3.05) is 18.4 Å². The van der Waals surface area contributed by atoms with Crippen LogP contribution < -0.4 is 5.32 Å². The van der Waals surface area contributed by atoms with Gasteiger partial charge in [-0.1, -0.05) is 26.0 Å². The van der Waals surface area contributed by atoms with Crippen molar-refractivity contribution in [2.24, 2.45) is 0 Å². The minimum atomic E-state index is -4.50. The van der Waals surface area contributed by atoms with Gasteiger partial charge in [-0.3, -0.25) is 10.1 Å². The van der Waals surface area contributed by atoms with Crippen LogP contribution in [0.25, 0.3) is 0 Å². The molecule has 0 unspecified atom stereocenters. The third-order valence-electron chi connectivity index (χ3n) is 4.25. The van der Waals surface area contributed by atoms with Crippen molar-refractivity contribution >= 4 is 21.4 Å². The minimum absolute atomic E-state index is 0.00547. The zero-order valence-electron chi connectivity index (χ0n) is 15.7. The summed E-state index contributed by atoms with van der Waals surface area (Å²) in [5.41, 5.74) is -1.03. The van der Waals surface area contributed by atoms with Crippen molar-refractivity contribution in [3.8, 4) is 0 Å². The van der Waals surface area contributed by atoms with E-state index < -0.39 is 32.4 Å². The molecule has 1 N–H and O–H groups in total. The van der Waals surface area contributed by atoms with Crippen molar-refractivity contribution in [2.45, 2.75) is 31.5 Å². The molecule has 0 bridgehead atoms. The first-order chi connectivity index (χ1) is 13.5. The Labute approximate surface area is 166 Å². The van der Waals surface area contributed by atoms with Crippen LogP contribution in [0.3, 0.4) is 0 Å². The zero-order chi connectivity index (χ0) is 21.8. The van der Waals surface area contributed by atoms with Gasteiger partial charge in [0.1, 0.15) is 5.69 Å². The first kappa shape index (κ1) is 22.6. The second kappa shape index (κ2) is 8.78. The van der Waals surface area contributed by atoms with Crippen LogP contribution in [0.15, 0.2) is 47.4 Å². The molecule has 0 saturated heterocycles. The number of anilines is 1. The van der Waals surface area contributed by atoms with Gasteiger partial charge in [-0.15, -0.1) is 0 Å². The molecule has 0 heterocycles. The molecule has 0 radical (unpaired) electrons. The predicted octanol–water partition coefficient (Wildman–Crippen LogP) is 4.26. The molecular formula is C18H20F3N3O4S. The van der Waals surface area contributed by atoms with Gasteiger partial charge in [-0.2, -0.15) is 17.5 Å². The molecule has 0 spiro atoms. The van der Waals surface area contributed by atoms with Crippen molar-refractivity contribution in [3.05, 3.63) is 63.7 Å². The number of hydrogen-bond acceptors (Lipinski definition) is 5. The number of halogens is 3. The number of nitro benzene ring substituents is 1. The lowest BCUT2D eigenvalue weighted by Crippen LogP contribution is -2.30. The number of hydrogen-bond donors (Lipinski definition) is 1. The number of nitro groups is 1. The van der Waals surface area contributed by atoms with Gasteiger partial charge in [0.05, 0.1) is 15.4 Å². The third kappa shape index (κ3) is 5.24. The molecule has 7 nitrogen and oxygen atoms in total. The highest BCUT2D eigenvalue weighted by molar-refractivity contribution is 7.89. The molecule has 2 rings (SSSR count). The van der Waals surface area contributed by atoms with Crippen molar-refractivity contribution < 1.29 is 26.5 Å². The summed E-state index contributed by atoms with van der Waals surface area (Å²) in [5.74, 6) is 0. The zero-order valence-corrected chi connectivity index (χ0v) is 16.5. The van der Waals surface area contributed by atoms with Gasteiger partial charge >= 0.3 is 6.18 Å². The molecule has 2 aromatic carbocycles. The number of nitrogens with zero attached hydrogens (tertiary/aromatic N) is 2. The van der Waals surface area contributed by atoms with Gasteiger partial charge < -0.3 is 5.32 Å². The lowest BCUT2D eigenvalue weighted by Gasteiger charge is -2.18. The SMILES string of the molecule is CCN(CC)S(=O)(=O)c1ccc(NCc2cccc(C(F)(F)F)c2)c([N+](=O)[O-])c1. The van der Waals surface area contributed by atoms with E-state index in [4.69, 9.17) is 0 Å². The fourth-order valence-corrected chi connectivity index (χ4v) is 4.22.